The van der Waals surface area contributed by atoms with E-state index in [2.05, 4.69) is 15.9 Å². The van der Waals surface area contributed by atoms with E-state index in [4.69, 9.17) is 9.84 Å². The molecule has 0 saturated carbocycles. The summed E-state index contributed by atoms with van der Waals surface area (Å²) in [6.07, 6.45) is 3.17. The van der Waals surface area contributed by atoms with Crippen molar-refractivity contribution in [2.24, 2.45) is 0 Å². The molecule has 1 rings (SSSR count). The molecule has 1 atom stereocenters. The highest BCUT2D eigenvalue weighted by atomic mass is 79.9. The third-order valence-electron chi connectivity index (χ3n) is 1.76. The predicted molar refractivity (Wildman–Crippen MR) is 61.4 cm³/mol. The van der Waals surface area contributed by atoms with E-state index in [1.54, 1.807) is 20.1 Å². The van der Waals surface area contributed by atoms with Crippen LogP contribution in [0.4, 0.5) is 0 Å². The number of ether oxygens (including phenoxy) is 1. The van der Waals surface area contributed by atoms with Gasteiger partial charge in [0.25, 0.3) is 0 Å². The molecule has 0 aliphatic rings. The Morgan fingerprint density at radius 2 is 2.21 bits per heavy atom. The molecule has 1 N–H and O–H groups in total. The highest BCUT2D eigenvalue weighted by Gasteiger charge is 1.98. The molecule has 0 bridgehead atoms. The summed E-state index contributed by atoms with van der Waals surface area (Å²) in [5, 5.41) is 9.08. The van der Waals surface area contributed by atoms with Gasteiger partial charge in [0.1, 0.15) is 5.75 Å². The fourth-order valence-electron chi connectivity index (χ4n) is 1.01. The molecule has 0 aliphatic heterocycles. The van der Waals surface area contributed by atoms with Crippen LogP contribution in [0.1, 0.15) is 12.5 Å². The zero-order chi connectivity index (χ0) is 10.6. The quantitative estimate of drug-likeness (QED) is 0.902. The minimum absolute atomic E-state index is 0.427. The molecule has 14 heavy (non-hydrogen) atoms. The molecule has 1 aromatic carbocycles. The van der Waals surface area contributed by atoms with Gasteiger partial charge < -0.3 is 9.84 Å². The van der Waals surface area contributed by atoms with Crippen LogP contribution in [0.5, 0.6) is 5.75 Å². The van der Waals surface area contributed by atoms with E-state index in [0.717, 1.165) is 15.8 Å². The van der Waals surface area contributed by atoms with Crippen molar-refractivity contribution in [3.8, 4) is 5.75 Å². The molecular weight excluding hydrogens is 244 g/mol. The maximum absolute atomic E-state index is 9.08. The lowest BCUT2D eigenvalue weighted by molar-refractivity contribution is 0.245. The third kappa shape index (κ3) is 3.16. The molecule has 76 valence electrons. The van der Waals surface area contributed by atoms with Crippen LogP contribution in [0.15, 0.2) is 28.7 Å². The summed E-state index contributed by atoms with van der Waals surface area (Å²) >= 11 is 3.43. The van der Waals surface area contributed by atoms with E-state index in [-0.39, 0.29) is 0 Å². The largest absolute Gasteiger partial charge is 0.497 e. The predicted octanol–water partition coefficient (Wildman–Crippen LogP) is 2.85. The van der Waals surface area contributed by atoms with Gasteiger partial charge in [-0.1, -0.05) is 34.1 Å². The first-order valence-electron chi connectivity index (χ1n) is 4.33. The number of benzene rings is 1. The first-order valence-corrected chi connectivity index (χ1v) is 5.12. The van der Waals surface area contributed by atoms with Crippen molar-refractivity contribution in [3.63, 3.8) is 0 Å². The van der Waals surface area contributed by atoms with Crippen molar-refractivity contribution in [2.75, 3.05) is 7.11 Å². The molecule has 0 amide bonds. The topological polar surface area (TPSA) is 29.5 Å². The van der Waals surface area contributed by atoms with E-state index in [1.165, 1.54) is 0 Å². The smallest absolute Gasteiger partial charge is 0.120 e. The van der Waals surface area contributed by atoms with E-state index in [0.29, 0.717) is 0 Å². The molecule has 0 spiro atoms. The molecule has 0 aromatic heterocycles. The zero-order valence-corrected chi connectivity index (χ0v) is 9.78. The Balaban J connectivity index is 2.89. The minimum Gasteiger partial charge on any atom is -0.497 e. The number of rotatable bonds is 3. The van der Waals surface area contributed by atoms with Gasteiger partial charge >= 0.3 is 0 Å². The van der Waals surface area contributed by atoms with Gasteiger partial charge in [-0.2, -0.15) is 0 Å². The summed E-state index contributed by atoms with van der Waals surface area (Å²) in [6, 6.07) is 5.70. The highest BCUT2D eigenvalue weighted by Crippen LogP contribution is 2.23. The molecule has 3 heteroatoms. The van der Waals surface area contributed by atoms with Crippen molar-refractivity contribution < 1.29 is 9.84 Å². The normalized spacial score (nSPS) is 13.1. The minimum atomic E-state index is -0.427. The number of aliphatic hydroxyl groups excluding tert-OH is 1. The van der Waals surface area contributed by atoms with Gasteiger partial charge in [0.15, 0.2) is 0 Å². The number of hydrogen-bond acceptors (Lipinski definition) is 2. The van der Waals surface area contributed by atoms with Gasteiger partial charge in [0, 0.05) is 4.47 Å². The summed E-state index contributed by atoms with van der Waals surface area (Å²) in [6.45, 7) is 1.72. The van der Waals surface area contributed by atoms with Gasteiger partial charge in [0.05, 0.1) is 13.2 Å². The summed E-state index contributed by atoms with van der Waals surface area (Å²) in [5.41, 5.74) is 1.02. The lowest BCUT2D eigenvalue weighted by Crippen LogP contribution is -1.91. The van der Waals surface area contributed by atoms with Crippen LogP contribution in [0, 0.1) is 0 Å². The number of halogens is 1. The summed E-state index contributed by atoms with van der Waals surface area (Å²) in [4.78, 5) is 0. The van der Waals surface area contributed by atoms with E-state index >= 15 is 0 Å². The fraction of sp³-hybridized carbons (Fsp3) is 0.273. The Hall–Kier alpha value is -0.800. The number of hydrogen-bond donors (Lipinski definition) is 1. The van der Waals surface area contributed by atoms with Gasteiger partial charge in [-0.15, -0.1) is 0 Å². The van der Waals surface area contributed by atoms with E-state index in [1.807, 2.05) is 24.3 Å². The monoisotopic (exact) mass is 256 g/mol. The molecule has 0 radical (unpaired) electrons. The first-order chi connectivity index (χ1) is 6.63. The second-order valence-corrected chi connectivity index (χ2v) is 3.84. The summed E-state index contributed by atoms with van der Waals surface area (Å²) < 4.78 is 6.02. The van der Waals surface area contributed by atoms with E-state index in [9.17, 15) is 0 Å². The van der Waals surface area contributed by atoms with Crippen molar-refractivity contribution in [1.82, 2.24) is 0 Å². The Morgan fingerprint density at radius 3 is 2.71 bits per heavy atom. The maximum Gasteiger partial charge on any atom is 0.120 e. The Labute approximate surface area is 92.3 Å². The fourth-order valence-corrected chi connectivity index (χ4v) is 1.50. The lowest BCUT2D eigenvalue weighted by Gasteiger charge is -2.03. The van der Waals surface area contributed by atoms with Crippen LogP contribution in [0.3, 0.4) is 0 Å². The van der Waals surface area contributed by atoms with Crippen LogP contribution < -0.4 is 4.74 Å². The Morgan fingerprint density at radius 1 is 1.50 bits per heavy atom. The van der Waals surface area contributed by atoms with Crippen molar-refractivity contribution in [1.29, 1.82) is 0 Å². The SMILES string of the molecule is COc1ccc(/C=C/C(C)O)c(Br)c1. The molecule has 1 aromatic rings. The zero-order valence-electron chi connectivity index (χ0n) is 8.20. The van der Waals surface area contributed by atoms with Gasteiger partial charge in [-0.3, -0.25) is 0 Å². The number of methoxy groups -OCH3 is 1. The molecule has 0 aliphatic carbocycles. The first kappa shape index (κ1) is 11.3. The second kappa shape index (κ2) is 5.17. The maximum atomic E-state index is 9.08. The number of aliphatic hydroxyl groups is 1. The highest BCUT2D eigenvalue weighted by molar-refractivity contribution is 9.10. The Bertz CT molecular complexity index is 332. The molecule has 0 heterocycles. The van der Waals surface area contributed by atoms with Crippen LogP contribution >= 0.6 is 15.9 Å². The molecular formula is C11H13BrO2. The van der Waals surface area contributed by atoms with Gasteiger partial charge in [0.2, 0.25) is 0 Å². The Kier molecular flexibility index (Phi) is 4.17. The molecule has 1 unspecified atom stereocenters. The second-order valence-electron chi connectivity index (χ2n) is 2.99. The average Bonchev–Trinajstić information content (AvgIpc) is 2.15. The summed E-state index contributed by atoms with van der Waals surface area (Å²) in [7, 11) is 1.63. The van der Waals surface area contributed by atoms with Crippen molar-refractivity contribution in [3.05, 3.63) is 34.3 Å². The van der Waals surface area contributed by atoms with Crippen LogP contribution in [-0.4, -0.2) is 18.3 Å². The van der Waals surface area contributed by atoms with Gasteiger partial charge in [-0.05, 0) is 24.6 Å². The van der Waals surface area contributed by atoms with Crippen LogP contribution in [0.25, 0.3) is 6.08 Å². The third-order valence-corrected chi connectivity index (χ3v) is 2.45. The average molecular weight is 257 g/mol. The lowest BCUT2D eigenvalue weighted by atomic mass is 10.2. The molecule has 0 fully saturated rings. The van der Waals surface area contributed by atoms with Crippen molar-refractivity contribution in [2.45, 2.75) is 13.0 Å². The standard InChI is InChI=1S/C11H13BrO2/c1-8(13)3-4-9-5-6-10(14-2)7-11(9)12/h3-8,13H,1-2H3/b4-3+. The molecule has 0 saturated heterocycles. The van der Waals surface area contributed by atoms with Crippen molar-refractivity contribution >= 4 is 22.0 Å². The van der Waals surface area contributed by atoms with Crippen LogP contribution in [0.2, 0.25) is 0 Å². The molecule has 2 nitrogen and oxygen atoms in total. The van der Waals surface area contributed by atoms with Gasteiger partial charge in [-0.25, -0.2) is 0 Å². The summed E-state index contributed by atoms with van der Waals surface area (Å²) in [5.74, 6) is 0.811. The van der Waals surface area contributed by atoms with Crippen LogP contribution in [-0.2, 0) is 0 Å². The van der Waals surface area contributed by atoms with E-state index < -0.39 is 6.10 Å².